The zero-order valence-electron chi connectivity index (χ0n) is 16.5. The second-order valence-corrected chi connectivity index (χ2v) is 5.81. The van der Waals surface area contributed by atoms with Crippen molar-refractivity contribution in [3.8, 4) is 5.75 Å². The van der Waals surface area contributed by atoms with Crippen LogP contribution in [0.2, 0.25) is 0 Å². The number of benzene rings is 1. The number of rotatable bonds is 15. The van der Waals surface area contributed by atoms with Crippen molar-refractivity contribution in [3.05, 3.63) is 36.4 Å². The monoisotopic (exact) mass is 395 g/mol. The Hall–Kier alpha value is -2.42. The Bertz CT molecular complexity index is 601. The molecule has 0 fully saturated rings. The summed E-state index contributed by atoms with van der Waals surface area (Å²) in [5.74, 6) is 0.183. The maximum absolute atomic E-state index is 11.1. The molecule has 1 aromatic rings. The largest absolute Gasteiger partial charge is 0.491 e. The number of ether oxygens (including phenoxy) is 5. The van der Waals surface area contributed by atoms with Crippen LogP contribution >= 0.6 is 0 Å². The number of hydrogen-bond acceptors (Lipinski definition) is 7. The third-order valence-corrected chi connectivity index (χ3v) is 3.22. The summed E-state index contributed by atoms with van der Waals surface area (Å²) < 4.78 is 26.5. The highest BCUT2D eigenvalue weighted by Crippen LogP contribution is 2.15. The minimum atomic E-state index is -0.414. The first-order valence-corrected chi connectivity index (χ1v) is 9.05. The molecule has 0 heterocycles. The van der Waals surface area contributed by atoms with Crippen molar-refractivity contribution in [1.29, 1.82) is 0 Å². The number of esters is 1. The van der Waals surface area contributed by atoms with Crippen LogP contribution in [0, 0.1) is 0 Å². The van der Waals surface area contributed by atoms with Gasteiger partial charge in [0.1, 0.15) is 19.0 Å². The lowest BCUT2D eigenvalue weighted by molar-refractivity contribution is -0.140. The fourth-order valence-corrected chi connectivity index (χ4v) is 1.91. The Kier molecular flexibility index (Phi) is 12.3. The summed E-state index contributed by atoms with van der Waals surface area (Å²) in [6, 6.07) is 7.12. The van der Waals surface area contributed by atoms with E-state index in [1.807, 2.05) is 0 Å². The summed E-state index contributed by atoms with van der Waals surface area (Å²) in [6.07, 6.45) is 0. The van der Waals surface area contributed by atoms with Crippen molar-refractivity contribution in [2.45, 2.75) is 13.8 Å². The Balaban J connectivity index is 1.88. The van der Waals surface area contributed by atoms with Crippen molar-refractivity contribution >= 4 is 17.6 Å². The lowest BCUT2D eigenvalue weighted by atomic mass is 10.3. The number of carbonyl (C=O) groups is 2. The molecule has 0 unspecified atom stereocenters. The highest BCUT2D eigenvalue weighted by Gasteiger charge is 2.02. The van der Waals surface area contributed by atoms with Crippen LogP contribution in [0.4, 0.5) is 5.69 Å². The maximum Gasteiger partial charge on any atom is 0.333 e. The molecule has 0 atom stereocenters. The van der Waals surface area contributed by atoms with Gasteiger partial charge in [-0.15, -0.1) is 0 Å². The van der Waals surface area contributed by atoms with Crippen molar-refractivity contribution in [3.63, 3.8) is 0 Å². The maximum atomic E-state index is 11.1. The fraction of sp³-hybridized carbons (Fsp3) is 0.500. The predicted octanol–water partition coefficient (Wildman–Crippen LogP) is 2.19. The highest BCUT2D eigenvalue weighted by molar-refractivity contribution is 5.88. The third kappa shape index (κ3) is 12.1. The summed E-state index contributed by atoms with van der Waals surface area (Å²) in [6.45, 7) is 9.71. The van der Waals surface area contributed by atoms with Crippen molar-refractivity contribution in [2.24, 2.45) is 0 Å². The smallest absolute Gasteiger partial charge is 0.333 e. The van der Waals surface area contributed by atoms with Gasteiger partial charge >= 0.3 is 5.97 Å². The average molecular weight is 395 g/mol. The van der Waals surface area contributed by atoms with Gasteiger partial charge in [0.25, 0.3) is 0 Å². The number of hydrogen-bond donors (Lipinski definition) is 1. The normalized spacial score (nSPS) is 10.4. The second kappa shape index (κ2) is 14.6. The molecule has 0 bridgehead atoms. The zero-order chi connectivity index (χ0) is 20.6. The summed E-state index contributed by atoms with van der Waals surface area (Å²) in [4.78, 5) is 22.1. The molecule has 156 valence electrons. The van der Waals surface area contributed by atoms with E-state index in [9.17, 15) is 9.59 Å². The van der Waals surface area contributed by atoms with Crippen LogP contribution in [0.3, 0.4) is 0 Å². The molecular weight excluding hydrogens is 366 g/mol. The number of carbonyl (C=O) groups excluding carboxylic acids is 2. The van der Waals surface area contributed by atoms with E-state index in [-0.39, 0.29) is 12.5 Å². The van der Waals surface area contributed by atoms with Gasteiger partial charge in [-0.05, 0) is 31.2 Å². The summed E-state index contributed by atoms with van der Waals surface area (Å²) in [5.41, 5.74) is 1.10. The summed E-state index contributed by atoms with van der Waals surface area (Å²) in [5, 5.41) is 2.69. The van der Waals surface area contributed by atoms with Gasteiger partial charge in [0.05, 0.1) is 39.6 Å². The van der Waals surface area contributed by atoms with Gasteiger partial charge in [-0.1, -0.05) is 6.58 Å². The summed E-state index contributed by atoms with van der Waals surface area (Å²) in [7, 11) is 0. The van der Waals surface area contributed by atoms with Crippen molar-refractivity contribution in [1.82, 2.24) is 0 Å². The molecule has 8 heteroatoms. The molecule has 0 radical (unpaired) electrons. The topological polar surface area (TPSA) is 92.3 Å². The van der Waals surface area contributed by atoms with Crippen LogP contribution in [0.15, 0.2) is 36.4 Å². The minimum Gasteiger partial charge on any atom is -0.491 e. The Morgan fingerprint density at radius 1 is 0.821 bits per heavy atom. The Morgan fingerprint density at radius 2 is 1.32 bits per heavy atom. The van der Waals surface area contributed by atoms with E-state index in [4.69, 9.17) is 23.7 Å². The molecule has 1 N–H and O–H groups in total. The number of nitrogens with one attached hydrogen (secondary N) is 1. The molecule has 0 aromatic heterocycles. The molecule has 28 heavy (non-hydrogen) atoms. The Labute approximate surface area is 165 Å². The molecule has 8 nitrogen and oxygen atoms in total. The van der Waals surface area contributed by atoms with E-state index < -0.39 is 5.97 Å². The van der Waals surface area contributed by atoms with Gasteiger partial charge in [-0.2, -0.15) is 0 Å². The van der Waals surface area contributed by atoms with Gasteiger partial charge in [0.2, 0.25) is 5.91 Å². The second-order valence-electron chi connectivity index (χ2n) is 5.81. The number of anilines is 1. The van der Waals surface area contributed by atoms with Crippen molar-refractivity contribution in [2.75, 3.05) is 58.2 Å². The van der Waals surface area contributed by atoms with E-state index in [0.717, 1.165) is 5.69 Å². The fourth-order valence-electron chi connectivity index (χ4n) is 1.91. The van der Waals surface area contributed by atoms with Crippen LogP contribution in [0.5, 0.6) is 5.75 Å². The van der Waals surface area contributed by atoms with E-state index >= 15 is 0 Å². The lowest BCUT2D eigenvalue weighted by Crippen LogP contribution is -2.15. The summed E-state index contributed by atoms with van der Waals surface area (Å²) >= 11 is 0. The minimum absolute atomic E-state index is 0.111. The van der Waals surface area contributed by atoms with Crippen LogP contribution in [-0.2, 0) is 28.5 Å². The van der Waals surface area contributed by atoms with Crippen LogP contribution in [-0.4, -0.2) is 64.7 Å². The molecule has 1 rings (SSSR count). The molecule has 0 aliphatic heterocycles. The third-order valence-electron chi connectivity index (χ3n) is 3.22. The first-order chi connectivity index (χ1) is 13.5. The zero-order valence-corrected chi connectivity index (χ0v) is 16.5. The average Bonchev–Trinajstić information content (AvgIpc) is 2.66. The highest BCUT2D eigenvalue weighted by atomic mass is 16.6. The quantitative estimate of drug-likeness (QED) is 0.276. The van der Waals surface area contributed by atoms with E-state index in [2.05, 4.69) is 11.9 Å². The molecule has 0 aliphatic rings. The number of amides is 1. The van der Waals surface area contributed by atoms with Gasteiger partial charge in [0, 0.05) is 18.2 Å². The van der Waals surface area contributed by atoms with E-state index in [1.54, 1.807) is 31.2 Å². The molecule has 0 spiro atoms. The molecule has 0 saturated carbocycles. The first-order valence-electron chi connectivity index (χ1n) is 9.05. The first kappa shape index (κ1) is 23.6. The standard InChI is InChI=1S/C20H29NO7/c1-16(2)20(23)28-15-13-26-11-9-24-8-10-25-12-14-27-19-6-4-18(5-7-19)21-17(3)22/h4-7H,1,8-15H2,2-3H3,(H,21,22). The predicted molar refractivity (Wildman–Crippen MR) is 104 cm³/mol. The van der Waals surface area contributed by atoms with Crippen LogP contribution in [0.1, 0.15) is 13.8 Å². The molecular formula is C20H29NO7. The van der Waals surface area contributed by atoms with Crippen LogP contribution < -0.4 is 10.1 Å². The van der Waals surface area contributed by atoms with Gasteiger partial charge in [-0.25, -0.2) is 4.79 Å². The molecule has 0 saturated heterocycles. The van der Waals surface area contributed by atoms with Gasteiger partial charge in [-0.3, -0.25) is 4.79 Å². The molecule has 1 aromatic carbocycles. The molecule has 1 amide bonds. The lowest BCUT2D eigenvalue weighted by Gasteiger charge is -2.09. The van der Waals surface area contributed by atoms with Crippen molar-refractivity contribution < 1.29 is 33.3 Å². The van der Waals surface area contributed by atoms with E-state index in [0.29, 0.717) is 57.6 Å². The SMILES string of the molecule is C=C(C)C(=O)OCCOCCOCCOCCOc1ccc(NC(C)=O)cc1. The van der Waals surface area contributed by atoms with Crippen LogP contribution in [0.25, 0.3) is 0 Å². The van der Waals surface area contributed by atoms with Gasteiger partial charge in [0.15, 0.2) is 0 Å². The molecule has 0 aliphatic carbocycles. The van der Waals surface area contributed by atoms with Gasteiger partial charge < -0.3 is 29.0 Å². The Morgan fingerprint density at radius 3 is 1.82 bits per heavy atom. The van der Waals surface area contributed by atoms with E-state index in [1.165, 1.54) is 6.92 Å².